The van der Waals surface area contributed by atoms with Gasteiger partial charge in [-0.25, -0.2) is 4.99 Å². The number of nitrogens with zero attached hydrogens (tertiary/aromatic N) is 1. The van der Waals surface area contributed by atoms with Gasteiger partial charge < -0.3 is 18.9 Å². The molecular formula is C18H24N2O5. The van der Waals surface area contributed by atoms with Gasteiger partial charge in [0, 0.05) is 12.7 Å². The number of carbonyl (C=O) groups excluding carboxylic acids is 1. The molecule has 1 aliphatic heterocycles. The van der Waals surface area contributed by atoms with Crippen LogP contribution in [0.5, 0.6) is 11.5 Å². The van der Waals surface area contributed by atoms with Crippen molar-refractivity contribution in [3.8, 4) is 11.5 Å². The molecule has 136 valence electrons. The molecule has 1 N–H and O–H groups in total. The third kappa shape index (κ3) is 4.85. The van der Waals surface area contributed by atoms with Crippen molar-refractivity contribution in [2.45, 2.75) is 38.1 Å². The molecule has 1 aromatic rings. The van der Waals surface area contributed by atoms with Crippen molar-refractivity contribution in [3.05, 3.63) is 23.8 Å². The molecule has 25 heavy (non-hydrogen) atoms. The molecule has 0 atom stereocenters. The van der Waals surface area contributed by atoms with E-state index in [0.717, 1.165) is 25.7 Å². The summed E-state index contributed by atoms with van der Waals surface area (Å²) in [6, 6.07) is 5.53. The lowest BCUT2D eigenvalue weighted by Crippen LogP contribution is -2.34. The first-order valence-corrected chi connectivity index (χ1v) is 8.67. The van der Waals surface area contributed by atoms with E-state index in [1.165, 1.54) is 6.42 Å². The average Bonchev–Trinajstić information content (AvgIpc) is 3.10. The fraction of sp³-hybridized carbons (Fsp3) is 0.556. The molecule has 0 aromatic heterocycles. The Morgan fingerprint density at radius 2 is 2.00 bits per heavy atom. The molecule has 3 rings (SSSR count). The van der Waals surface area contributed by atoms with Gasteiger partial charge in [0.1, 0.15) is 6.61 Å². The number of nitrogens with one attached hydrogen (secondary N) is 1. The Bertz CT molecular complexity index is 626. The van der Waals surface area contributed by atoms with Gasteiger partial charge in [-0.05, 0) is 31.0 Å². The molecule has 7 heteroatoms. The molecule has 0 spiro atoms. The highest BCUT2D eigenvalue weighted by Gasteiger charge is 2.19. The second-order valence-electron chi connectivity index (χ2n) is 6.09. The summed E-state index contributed by atoms with van der Waals surface area (Å²) in [6.07, 6.45) is 5.62. The van der Waals surface area contributed by atoms with E-state index < -0.39 is 0 Å². The Kier molecular flexibility index (Phi) is 6.11. The summed E-state index contributed by atoms with van der Waals surface area (Å²) >= 11 is 0. The fourth-order valence-electron chi connectivity index (χ4n) is 2.91. The topological polar surface area (TPSA) is 78.4 Å². The quantitative estimate of drug-likeness (QED) is 0.502. The van der Waals surface area contributed by atoms with Crippen LogP contribution in [0.15, 0.2) is 23.2 Å². The highest BCUT2D eigenvalue weighted by atomic mass is 16.7. The molecule has 7 nitrogen and oxygen atoms in total. The number of hydrogen-bond donors (Lipinski definition) is 1. The van der Waals surface area contributed by atoms with Crippen molar-refractivity contribution in [3.63, 3.8) is 0 Å². The Morgan fingerprint density at radius 3 is 2.80 bits per heavy atom. The first kappa shape index (κ1) is 17.5. The second kappa shape index (κ2) is 8.71. The van der Waals surface area contributed by atoms with Gasteiger partial charge in [-0.2, -0.15) is 0 Å². The van der Waals surface area contributed by atoms with E-state index in [2.05, 4.69) is 10.3 Å². The number of aliphatic imine (C=N–C) groups is 1. The summed E-state index contributed by atoms with van der Waals surface area (Å²) < 4.78 is 21.2. The number of hydrogen-bond acceptors (Lipinski definition) is 6. The number of fused-ring (bicyclic) bond motifs is 1. The third-order valence-electron chi connectivity index (χ3n) is 4.26. The highest BCUT2D eigenvalue weighted by molar-refractivity contribution is 6.04. The normalized spacial score (nSPS) is 17.4. The van der Waals surface area contributed by atoms with E-state index in [4.69, 9.17) is 18.9 Å². The van der Waals surface area contributed by atoms with Crippen molar-refractivity contribution in [1.82, 2.24) is 5.32 Å². The summed E-state index contributed by atoms with van der Waals surface area (Å²) in [5, 5.41) is 2.77. The molecule has 1 heterocycles. The lowest BCUT2D eigenvalue weighted by Gasteiger charge is -2.19. The number of amides is 1. The zero-order chi connectivity index (χ0) is 17.5. The van der Waals surface area contributed by atoms with E-state index in [1.807, 2.05) is 0 Å². The zero-order valence-electron chi connectivity index (χ0n) is 14.5. The van der Waals surface area contributed by atoms with Crippen LogP contribution in [0, 0.1) is 0 Å². The van der Waals surface area contributed by atoms with Crippen LogP contribution in [0.25, 0.3) is 0 Å². The number of benzene rings is 1. The Labute approximate surface area is 147 Å². The lowest BCUT2D eigenvalue weighted by atomic mass is 9.96. The number of rotatable bonds is 5. The first-order valence-electron chi connectivity index (χ1n) is 8.67. The van der Waals surface area contributed by atoms with Gasteiger partial charge in [0.2, 0.25) is 6.79 Å². The number of carbonyl (C=O) groups is 1. The maximum absolute atomic E-state index is 12.5. The SMILES string of the molecule is COCCOC(=NC1CCCCC1)NC(=O)c1ccc2c(c1)OCO2. The van der Waals surface area contributed by atoms with Gasteiger partial charge in [0.05, 0.1) is 12.6 Å². The minimum absolute atomic E-state index is 0.176. The van der Waals surface area contributed by atoms with Gasteiger partial charge in [-0.3, -0.25) is 10.1 Å². The molecule has 0 saturated heterocycles. The summed E-state index contributed by atoms with van der Waals surface area (Å²) in [5.74, 6) is 0.924. The number of ether oxygens (including phenoxy) is 4. The van der Waals surface area contributed by atoms with Gasteiger partial charge in [-0.1, -0.05) is 19.3 Å². The molecule has 0 unspecified atom stereocenters. The van der Waals surface area contributed by atoms with Crippen LogP contribution in [0.2, 0.25) is 0 Å². The average molecular weight is 348 g/mol. The summed E-state index contributed by atoms with van der Waals surface area (Å²) in [4.78, 5) is 17.1. The van der Waals surface area contributed by atoms with Gasteiger partial charge >= 0.3 is 0 Å². The van der Waals surface area contributed by atoms with E-state index >= 15 is 0 Å². The highest BCUT2D eigenvalue weighted by Crippen LogP contribution is 2.32. The summed E-state index contributed by atoms with van der Waals surface area (Å²) in [5.41, 5.74) is 0.468. The Morgan fingerprint density at radius 1 is 1.20 bits per heavy atom. The molecule has 1 fully saturated rings. The summed E-state index contributed by atoms with van der Waals surface area (Å²) in [6.45, 7) is 0.946. The van der Waals surface area contributed by atoms with E-state index in [0.29, 0.717) is 30.3 Å². The van der Waals surface area contributed by atoms with E-state index in [9.17, 15) is 4.79 Å². The third-order valence-corrected chi connectivity index (χ3v) is 4.26. The van der Waals surface area contributed by atoms with Crippen LogP contribution in [-0.4, -0.2) is 45.1 Å². The van der Waals surface area contributed by atoms with Crippen LogP contribution in [0.4, 0.5) is 0 Å². The molecular weight excluding hydrogens is 324 g/mol. The molecule has 0 radical (unpaired) electrons. The minimum atomic E-state index is -0.287. The van der Waals surface area contributed by atoms with Crippen LogP contribution in [0.1, 0.15) is 42.5 Å². The molecule has 1 saturated carbocycles. The predicted molar refractivity (Wildman–Crippen MR) is 92.2 cm³/mol. The molecule has 2 aliphatic rings. The van der Waals surface area contributed by atoms with E-state index in [-0.39, 0.29) is 24.8 Å². The lowest BCUT2D eigenvalue weighted by molar-refractivity contribution is 0.0952. The van der Waals surface area contributed by atoms with Gasteiger partial charge in [0.15, 0.2) is 11.5 Å². The van der Waals surface area contributed by atoms with Crippen LogP contribution < -0.4 is 14.8 Å². The molecule has 1 amide bonds. The van der Waals surface area contributed by atoms with Crippen molar-refractivity contribution in [2.24, 2.45) is 4.99 Å². The molecule has 0 bridgehead atoms. The Hall–Kier alpha value is -2.28. The zero-order valence-corrected chi connectivity index (χ0v) is 14.5. The van der Waals surface area contributed by atoms with Crippen LogP contribution in [0.3, 0.4) is 0 Å². The van der Waals surface area contributed by atoms with Crippen LogP contribution in [-0.2, 0) is 9.47 Å². The minimum Gasteiger partial charge on any atom is -0.463 e. The molecule has 1 aromatic carbocycles. The fourth-order valence-corrected chi connectivity index (χ4v) is 2.91. The van der Waals surface area contributed by atoms with Crippen LogP contribution >= 0.6 is 0 Å². The smallest absolute Gasteiger partial charge is 0.292 e. The Balaban J connectivity index is 1.67. The largest absolute Gasteiger partial charge is 0.463 e. The first-order chi connectivity index (χ1) is 12.3. The molecule has 1 aliphatic carbocycles. The van der Waals surface area contributed by atoms with Crippen molar-refractivity contribution >= 4 is 11.9 Å². The predicted octanol–water partition coefficient (Wildman–Crippen LogP) is 2.50. The number of methoxy groups -OCH3 is 1. The van der Waals surface area contributed by atoms with Gasteiger partial charge in [0.25, 0.3) is 11.9 Å². The van der Waals surface area contributed by atoms with Gasteiger partial charge in [-0.15, -0.1) is 0 Å². The van der Waals surface area contributed by atoms with Crippen molar-refractivity contribution in [2.75, 3.05) is 27.1 Å². The second-order valence-corrected chi connectivity index (χ2v) is 6.09. The van der Waals surface area contributed by atoms with Crippen molar-refractivity contribution < 1.29 is 23.7 Å². The standard InChI is InChI=1S/C18H24N2O5/c1-22-9-10-23-18(19-14-5-3-2-4-6-14)20-17(21)13-7-8-15-16(11-13)25-12-24-15/h7-8,11,14H,2-6,9-10,12H2,1H3,(H,19,20,21). The summed E-state index contributed by atoms with van der Waals surface area (Å²) in [7, 11) is 1.60. The van der Waals surface area contributed by atoms with E-state index in [1.54, 1.807) is 25.3 Å². The maximum Gasteiger partial charge on any atom is 0.292 e. The number of amidine groups is 1. The monoisotopic (exact) mass is 348 g/mol. The maximum atomic E-state index is 12.5. The van der Waals surface area contributed by atoms with Crippen molar-refractivity contribution in [1.29, 1.82) is 0 Å².